The van der Waals surface area contributed by atoms with Gasteiger partial charge in [-0.05, 0) is 19.8 Å². The molecule has 1 aliphatic carbocycles. The Kier molecular flexibility index (Phi) is 4.13. The summed E-state index contributed by atoms with van der Waals surface area (Å²) in [5.74, 6) is -0.519. The molecule has 1 aromatic carbocycles. The minimum atomic E-state index is -0.307. The van der Waals surface area contributed by atoms with Crippen molar-refractivity contribution in [2.45, 2.75) is 26.2 Å². The average Bonchev–Trinajstić information content (AvgIpc) is 2.48. The number of methoxy groups -OCH3 is 1. The molecule has 0 aromatic heterocycles. The van der Waals surface area contributed by atoms with Gasteiger partial charge in [-0.25, -0.2) is 0 Å². The molecule has 0 N–H and O–H groups in total. The number of hydrogen-bond acceptors (Lipinski definition) is 4. The minimum Gasteiger partial charge on any atom is -0.469 e. The number of Topliss-reactive ketones (excluding diaryl/α,β-unsaturated/α-hetero) is 2. The maximum Gasteiger partial charge on any atom is 0.305 e. The van der Waals surface area contributed by atoms with Crippen molar-refractivity contribution in [1.82, 2.24) is 0 Å². The number of rotatable bonds is 4. The number of carbonyl (C=O) groups is 3. The molecule has 1 aliphatic rings. The molecule has 20 heavy (non-hydrogen) atoms. The molecular weight excluding hydrogens is 256 g/mol. The standard InChI is InChI=1S/C16H16O4/c1-10-11(8-5-9-14(17)20-2)16(19)13-7-4-3-6-12(13)15(10)18/h3-4,6-7H,5,8-9H2,1-2H3. The second-order valence-electron chi connectivity index (χ2n) is 4.74. The molecule has 0 aliphatic heterocycles. The Morgan fingerprint density at radius 3 is 2.30 bits per heavy atom. The van der Waals surface area contributed by atoms with Gasteiger partial charge >= 0.3 is 5.97 Å². The summed E-state index contributed by atoms with van der Waals surface area (Å²) in [6.07, 6.45) is 1.16. The van der Waals surface area contributed by atoms with Crippen molar-refractivity contribution in [3.63, 3.8) is 0 Å². The van der Waals surface area contributed by atoms with Crippen molar-refractivity contribution in [2.24, 2.45) is 0 Å². The molecule has 0 fully saturated rings. The third kappa shape index (κ3) is 2.54. The van der Waals surface area contributed by atoms with Gasteiger partial charge in [0.05, 0.1) is 7.11 Å². The molecule has 1 aromatic rings. The number of fused-ring (bicyclic) bond motifs is 1. The SMILES string of the molecule is COC(=O)CCCC1=C(C)C(=O)c2ccccc2C1=O. The topological polar surface area (TPSA) is 60.4 Å². The Morgan fingerprint density at radius 2 is 1.70 bits per heavy atom. The number of ketones is 2. The fraction of sp³-hybridized carbons (Fsp3) is 0.312. The Bertz CT molecular complexity index is 611. The van der Waals surface area contributed by atoms with E-state index in [1.54, 1.807) is 31.2 Å². The van der Waals surface area contributed by atoms with Gasteiger partial charge in [0, 0.05) is 28.7 Å². The molecule has 0 amide bonds. The highest BCUT2D eigenvalue weighted by Gasteiger charge is 2.28. The Labute approximate surface area is 117 Å². The van der Waals surface area contributed by atoms with E-state index in [4.69, 9.17) is 0 Å². The van der Waals surface area contributed by atoms with E-state index >= 15 is 0 Å². The summed E-state index contributed by atoms with van der Waals surface area (Å²) in [7, 11) is 1.33. The fourth-order valence-corrected chi connectivity index (χ4v) is 2.36. The molecule has 0 unspecified atom stereocenters. The van der Waals surface area contributed by atoms with E-state index < -0.39 is 0 Å². The summed E-state index contributed by atoms with van der Waals surface area (Å²) >= 11 is 0. The summed E-state index contributed by atoms with van der Waals surface area (Å²) in [6, 6.07) is 6.84. The average molecular weight is 272 g/mol. The van der Waals surface area contributed by atoms with Crippen LogP contribution < -0.4 is 0 Å². The van der Waals surface area contributed by atoms with Gasteiger partial charge in [-0.3, -0.25) is 14.4 Å². The monoisotopic (exact) mass is 272 g/mol. The second-order valence-corrected chi connectivity index (χ2v) is 4.74. The fourth-order valence-electron chi connectivity index (χ4n) is 2.36. The van der Waals surface area contributed by atoms with Crippen molar-refractivity contribution >= 4 is 17.5 Å². The predicted molar refractivity (Wildman–Crippen MR) is 73.7 cm³/mol. The lowest BCUT2D eigenvalue weighted by molar-refractivity contribution is -0.140. The molecule has 0 saturated heterocycles. The van der Waals surface area contributed by atoms with Crippen LogP contribution in [0.4, 0.5) is 0 Å². The summed E-state index contributed by atoms with van der Waals surface area (Å²) in [4.78, 5) is 35.7. The first-order valence-electron chi connectivity index (χ1n) is 6.51. The zero-order chi connectivity index (χ0) is 14.7. The van der Waals surface area contributed by atoms with E-state index in [-0.39, 0.29) is 24.0 Å². The number of hydrogen-bond donors (Lipinski definition) is 0. The summed E-state index contributed by atoms with van der Waals surface area (Å²) in [5, 5.41) is 0. The van der Waals surface area contributed by atoms with Crippen molar-refractivity contribution in [3.05, 3.63) is 46.5 Å². The number of carbonyl (C=O) groups excluding carboxylic acids is 3. The van der Waals surface area contributed by atoms with Gasteiger partial charge in [-0.15, -0.1) is 0 Å². The van der Waals surface area contributed by atoms with Crippen LogP contribution in [-0.2, 0) is 9.53 Å². The molecule has 0 spiro atoms. The highest BCUT2D eigenvalue weighted by Crippen LogP contribution is 2.28. The number of esters is 1. The molecule has 2 rings (SSSR count). The molecule has 104 valence electrons. The molecule has 0 heterocycles. The lowest BCUT2D eigenvalue weighted by Gasteiger charge is -2.18. The van der Waals surface area contributed by atoms with Gasteiger partial charge in [0.1, 0.15) is 0 Å². The molecule has 4 heteroatoms. The highest BCUT2D eigenvalue weighted by atomic mass is 16.5. The maximum absolute atomic E-state index is 12.4. The van der Waals surface area contributed by atoms with Gasteiger partial charge < -0.3 is 4.74 Å². The Morgan fingerprint density at radius 1 is 1.10 bits per heavy atom. The molecule has 0 atom stereocenters. The van der Waals surface area contributed by atoms with E-state index in [1.165, 1.54) is 7.11 Å². The van der Waals surface area contributed by atoms with E-state index in [2.05, 4.69) is 4.74 Å². The zero-order valence-electron chi connectivity index (χ0n) is 11.6. The van der Waals surface area contributed by atoms with E-state index in [1.807, 2.05) is 0 Å². The Balaban J connectivity index is 2.21. The second kappa shape index (κ2) is 5.82. The number of ether oxygens (including phenoxy) is 1. The molecule has 0 saturated carbocycles. The van der Waals surface area contributed by atoms with Crippen molar-refractivity contribution < 1.29 is 19.1 Å². The summed E-state index contributed by atoms with van der Waals surface area (Å²) in [6.45, 7) is 1.67. The zero-order valence-corrected chi connectivity index (χ0v) is 11.6. The lowest BCUT2D eigenvalue weighted by Crippen LogP contribution is -2.21. The lowest BCUT2D eigenvalue weighted by atomic mass is 9.83. The van der Waals surface area contributed by atoms with Crippen LogP contribution in [0.3, 0.4) is 0 Å². The van der Waals surface area contributed by atoms with Crippen LogP contribution in [0.5, 0.6) is 0 Å². The summed E-state index contributed by atoms with van der Waals surface area (Å²) < 4.78 is 4.56. The van der Waals surface area contributed by atoms with Crippen LogP contribution in [0.25, 0.3) is 0 Å². The molecule has 4 nitrogen and oxygen atoms in total. The number of allylic oxidation sites excluding steroid dienone is 2. The maximum atomic E-state index is 12.4. The van der Waals surface area contributed by atoms with E-state index in [0.717, 1.165) is 0 Å². The van der Waals surface area contributed by atoms with Crippen LogP contribution in [0, 0.1) is 0 Å². The molecule has 0 radical (unpaired) electrons. The van der Waals surface area contributed by atoms with Gasteiger partial charge in [0.2, 0.25) is 0 Å². The van der Waals surface area contributed by atoms with E-state index in [9.17, 15) is 14.4 Å². The molecule has 0 bridgehead atoms. The third-order valence-corrected chi connectivity index (χ3v) is 3.52. The van der Waals surface area contributed by atoms with Crippen LogP contribution in [0.2, 0.25) is 0 Å². The number of benzene rings is 1. The molecular formula is C16H16O4. The van der Waals surface area contributed by atoms with Crippen LogP contribution in [0.15, 0.2) is 35.4 Å². The first-order chi connectivity index (χ1) is 9.56. The van der Waals surface area contributed by atoms with Crippen molar-refractivity contribution in [2.75, 3.05) is 7.11 Å². The third-order valence-electron chi connectivity index (χ3n) is 3.52. The largest absolute Gasteiger partial charge is 0.469 e. The Hall–Kier alpha value is -2.23. The van der Waals surface area contributed by atoms with Crippen molar-refractivity contribution in [1.29, 1.82) is 0 Å². The van der Waals surface area contributed by atoms with E-state index in [0.29, 0.717) is 35.1 Å². The summed E-state index contributed by atoms with van der Waals surface area (Å²) in [5.41, 5.74) is 1.92. The van der Waals surface area contributed by atoms with Crippen LogP contribution >= 0.6 is 0 Å². The van der Waals surface area contributed by atoms with Gasteiger partial charge in [-0.1, -0.05) is 24.3 Å². The quantitative estimate of drug-likeness (QED) is 0.791. The first-order valence-corrected chi connectivity index (χ1v) is 6.51. The van der Waals surface area contributed by atoms with Gasteiger partial charge in [0.15, 0.2) is 11.6 Å². The van der Waals surface area contributed by atoms with Gasteiger partial charge in [0.25, 0.3) is 0 Å². The smallest absolute Gasteiger partial charge is 0.305 e. The van der Waals surface area contributed by atoms with Crippen LogP contribution in [0.1, 0.15) is 46.9 Å². The minimum absolute atomic E-state index is 0.103. The van der Waals surface area contributed by atoms with Gasteiger partial charge in [-0.2, -0.15) is 0 Å². The highest BCUT2D eigenvalue weighted by molar-refractivity contribution is 6.26. The first kappa shape index (κ1) is 14.2. The predicted octanol–water partition coefficient (Wildman–Crippen LogP) is 2.73. The normalized spacial score (nSPS) is 14.3. The van der Waals surface area contributed by atoms with Crippen molar-refractivity contribution in [3.8, 4) is 0 Å². The van der Waals surface area contributed by atoms with Crippen LogP contribution in [-0.4, -0.2) is 24.6 Å².